The van der Waals surface area contributed by atoms with E-state index < -0.39 is 5.92 Å². The standard InChI is InChI=1S/C32H38ClN5O6/c1-18(2)44-27-8-5-19(9-28(27)43-4)32(42)38-15-21-14-37(17-25(24(21)16-38)31(41)36-13-29(39)34-3)30(40)10-20-12-35-26-7-6-22(33)11-23(20)26/h5-9,11-12,18,21,24-25,35H,10,13-17H2,1-4H3,(H,34,39)(H,36,41). The molecule has 2 saturated heterocycles. The molecule has 3 atom stereocenters. The predicted molar refractivity (Wildman–Crippen MR) is 166 cm³/mol. The van der Waals surface area contributed by atoms with Crippen LogP contribution < -0.4 is 20.1 Å². The monoisotopic (exact) mass is 623 g/mol. The highest BCUT2D eigenvalue weighted by Gasteiger charge is 2.48. The number of halogens is 1. The molecular formula is C32H38ClN5O6. The first kappa shape index (κ1) is 31.2. The molecule has 0 saturated carbocycles. The molecule has 12 heteroatoms. The van der Waals surface area contributed by atoms with Gasteiger partial charge in [0.05, 0.1) is 32.1 Å². The Balaban J connectivity index is 1.36. The van der Waals surface area contributed by atoms with Crippen LogP contribution in [-0.4, -0.2) is 91.4 Å². The molecule has 2 aliphatic heterocycles. The number of rotatable bonds is 9. The van der Waals surface area contributed by atoms with Crippen molar-refractivity contribution in [1.29, 1.82) is 0 Å². The van der Waals surface area contributed by atoms with Crippen LogP contribution in [0.5, 0.6) is 11.5 Å². The zero-order valence-corrected chi connectivity index (χ0v) is 26.1. The number of hydrogen-bond acceptors (Lipinski definition) is 6. The average molecular weight is 624 g/mol. The van der Waals surface area contributed by atoms with Gasteiger partial charge in [-0.05, 0) is 67.6 Å². The van der Waals surface area contributed by atoms with Crippen molar-refractivity contribution in [1.82, 2.24) is 25.4 Å². The molecule has 44 heavy (non-hydrogen) atoms. The normalized spacial score (nSPS) is 19.5. The Hall–Kier alpha value is -4.25. The van der Waals surface area contributed by atoms with Crippen LogP contribution in [-0.2, 0) is 20.8 Å². The lowest BCUT2D eigenvalue weighted by Gasteiger charge is -2.39. The summed E-state index contributed by atoms with van der Waals surface area (Å²) in [6, 6.07) is 10.6. The quantitative estimate of drug-likeness (QED) is 0.336. The molecule has 3 unspecified atom stereocenters. The van der Waals surface area contributed by atoms with Gasteiger partial charge >= 0.3 is 0 Å². The van der Waals surface area contributed by atoms with Crippen molar-refractivity contribution in [3.8, 4) is 11.5 Å². The van der Waals surface area contributed by atoms with Gasteiger partial charge < -0.3 is 34.9 Å². The van der Waals surface area contributed by atoms with E-state index in [1.807, 2.05) is 26.0 Å². The summed E-state index contributed by atoms with van der Waals surface area (Å²) in [5.41, 5.74) is 2.15. The lowest BCUT2D eigenvalue weighted by atomic mass is 9.79. The number of ether oxygens (including phenoxy) is 2. The summed E-state index contributed by atoms with van der Waals surface area (Å²) in [5.74, 6) is -0.814. The van der Waals surface area contributed by atoms with E-state index in [9.17, 15) is 19.2 Å². The molecule has 2 aromatic carbocycles. The van der Waals surface area contributed by atoms with Gasteiger partial charge in [-0.3, -0.25) is 19.2 Å². The molecule has 5 rings (SSSR count). The molecule has 4 amide bonds. The molecule has 2 aliphatic rings. The van der Waals surface area contributed by atoms with Gasteiger partial charge in [-0.2, -0.15) is 0 Å². The zero-order chi connectivity index (χ0) is 31.5. The Morgan fingerprint density at radius 1 is 1.02 bits per heavy atom. The first-order valence-electron chi connectivity index (χ1n) is 14.7. The largest absolute Gasteiger partial charge is 0.493 e. The number of aromatic nitrogens is 1. The highest BCUT2D eigenvalue weighted by atomic mass is 35.5. The fraction of sp³-hybridized carbons (Fsp3) is 0.438. The second kappa shape index (κ2) is 13.2. The van der Waals surface area contributed by atoms with Crippen LogP contribution in [0.25, 0.3) is 10.9 Å². The smallest absolute Gasteiger partial charge is 0.254 e. The van der Waals surface area contributed by atoms with Crippen LogP contribution in [0.3, 0.4) is 0 Å². The maximum absolute atomic E-state index is 13.7. The fourth-order valence-electron chi connectivity index (χ4n) is 6.22. The number of hydrogen-bond donors (Lipinski definition) is 3. The molecule has 234 valence electrons. The Morgan fingerprint density at radius 3 is 2.52 bits per heavy atom. The van der Waals surface area contributed by atoms with Gasteiger partial charge in [-0.15, -0.1) is 0 Å². The summed E-state index contributed by atoms with van der Waals surface area (Å²) in [7, 11) is 3.03. The number of nitrogens with zero attached hydrogens (tertiary/aromatic N) is 2. The minimum Gasteiger partial charge on any atom is -0.493 e. The number of fused-ring (bicyclic) bond motifs is 2. The summed E-state index contributed by atoms with van der Waals surface area (Å²) in [6.45, 7) is 5.02. The Bertz CT molecular complexity index is 1570. The number of piperidine rings is 1. The maximum atomic E-state index is 13.7. The Kier molecular flexibility index (Phi) is 9.33. The van der Waals surface area contributed by atoms with Crippen LogP contribution in [0.1, 0.15) is 29.8 Å². The zero-order valence-electron chi connectivity index (χ0n) is 25.3. The van der Waals surface area contributed by atoms with Crippen molar-refractivity contribution in [3.63, 3.8) is 0 Å². The van der Waals surface area contributed by atoms with E-state index >= 15 is 0 Å². The number of likely N-dealkylation sites (N-methyl/N-ethyl adjacent to an activating group) is 1. The van der Waals surface area contributed by atoms with Crippen LogP contribution in [0, 0.1) is 17.8 Å². The molecule has 11 nitrogen and oxygen atoms in total. The number of nitrogens with one attached hydrogen (secondary N) is 3. The SMILES string of the molecule is CNC(=O)CNC(=O)C1CN(C(=O)Cc2c[nH]c3ccc(Cl)cc23)CC2CN(C(=O)c3ccc(OC(C)C)c(OC)c3)CC21. The second-order valence-electron chi connectivity index (χ2n) is 11.6. The number of benzene rings is 2. The topological polar surface area (TPSA) is 133 Å². The molecule has 0 radical (unpaired) electrons. The summed E-state index contributed by atoms with van der Waals surface area (Å²) in [5, 5.41) is 6.67. The third-order valence-electron chi connectivity index (χ3n) is 8.40. The average Bonchev–Trinajstić information content (AvgIpc) is 3.62. The van der Waals surface area contributed by atoms with E-state index in [4.69, 9.17) is 21.1 Å². The molecule has 3 aromatic rings. The molecule has 2 fully saturated rings. The second-order valence-corrected chi connectivity index (χ2v) is 12.1. The first-order valence-corrected chi connectivity index (χ1v) is 15.1. The fourth-order valence-corrected chi connectivity index (χ4v) is 6.39. The highest BCUT2D eigenvalue weighted by molar-refractivity contribution is 6.31. The number of H-pyrrole nitrogens is 1. The van der Waals surface area contributed by atoms with Gasteiger partial charge in [0.25, 0.3) is 5.91 Å². The van der Waals surface area contributed by atoms with Crippen molar-refractivity contribution >= 4 is 46.1 Å². The van der Waals surface area contributed by atoms with Crippen molar-refractivity contribution in [2.24, 2.45) is 17.8 Å². The van der Waals surface area contributed by atoms with Gasteiger partial charge in [-0.1, -0.05) is 11.6 Å². The third-order valence-corrected chi connectivity index (χ3v) is 8.64. The number of carbonyl (C=O) groups excluding carboxylic acids is 4. The van der Waals surface area contributed by atoms with Crippen LogP contribution in [0.15, 0.2) is 42.6 Å². The first-order chi connectivity index (χ1) is 21.1. The van der Waals surface area contributed by atoms with Crippen LogP contribution in [0.2, 0.25) is 5.02 Å². The van der Waals surface area contributed by atoms with E-state index in [1.54, 1.807) is 40.3 Å². The van der Waals surface area contributed by atoms with Gasteiger partial charge in [0.1, 0.15) is 0 Å². The molecule has 3 heterocycles. The number of likely N-dealkylation sites (tertiary alicyclic amines) is 2. The molecule has 1 aromatic heterocycles. The van der Waals surface area contributed by atoms with Gasteiger partial charge in [0.15, 0.2) is 11.5 Å². The Morgan fingerprint density at radius 2 is 1.80 bits per heavy atom. The molecule has 3 N–H and O–H groups in total. The minimum absolute atomic E-state index is 0.0573. The van der Waals surface area contributed by atoms with Crippen molar-refractivity contribution < 1.29 is 28.7 Å². The summed E-state index contributed by atoms with van der Waals surface area (Å²) in [4.78, 5) is 59.3. The van der Waals surface area contributed by atoms with Gasteiger partial charge in [-0.25, -0.2) is 0 Å². The van der Waals surface area contributed by atoms with Crippen molar-refractivity contribution in [3.05, 3.63) is 58.7 Å². The van der Waals surface area contributed by atoms with Gasteiger partial charge in [0.2, 0.25) is 17.7 Å². The lowest BCUT2D eigenvalue weighted by Crippen LogP contribution is -2.54. The van der Waals surface area contributed by atoms with Crippen molar-refractivity contribution in [2.75, 3.05) is 46.9 Å². The number of carbonyl (C=O) groups is 4. The van der Waals surface area contributed by atoms with E-state index in [2.05, 4.69) is 15.6 Å². The van der Waals surface area contributed by atoms with E-state index in [-0.39, 0.29) is 61.1 Å². The molecule has 0 aliphatic carbocycles. The maximum Gasteiger partial charge on any atom is 0.254 e. The predicted octanol–water partition coefficient (Wildman–Crippen LogP) is 2.87. The lowest BCUT2D eigenvalue weighted by molar-refractivity contribution is -0.139. The number of amides is 4. The Labute approximate surface area is 261 Å². The van der Waals surface area contributed by atoms with Crippen molar-refractivity contribution in [2.45, 2.75) is 26.4 Å². The van der Waals surface area contributed by atoms with E-state index in [1.165, 1.54) is 14.2 Å². The summed E-state index contributed by atoms with van der Waals surface area (Å²) < 4.78 is 11.3. The highest BCUT2D eigenvalue weighted by Crippen LogP contribution is 2.37. The molecular weight excluding hydrogens is 586 g/mol. The number of aromatic amines is 1. The van der Waals surface area contributed by atoms with Crippen LogP contribution in [0.4, 0.5) is 0 Å². The third kappa shape index (κ3) is 6.62. The van der Waals surface area contributed by atoms with E-state index in [0.717, 1.165) is 16.5 Å². The summed E-state index contributed by atoms with van der Waals surface area (Å²) >= 11 is 6.21. The number of methoxy groups -OCH3 is 1. The van der Waals surface area contributed by atoms with E-state index in [0.29, 0.717) is 41.7 Å². The van der Waals surface area contributed by atoms with Gasteiger partial charge in [0, 0.05) is 60.9 Å². The van der Waals surface area contributed by atoms with Crippen LogP contribution >= 0.6 is 11.6 Å². The molecule has 0 bridgehead atoms. The minimum atomic E-state index is -0.589. The molecule has 0 spiro atoms. The summed E-state index contributed by atoms with van der Waals surface area (Å²) in [6.07, 6.45) is 1.89.